The molecule has 0 heterocycles. The minimum absolute atomic E-state index is 0.142. The second-order valence-corrected chi connectivity index (χ2v) is 4.51. The van der Waals surface area contributed by atoms with E-state index >= 15 is 0 Å². The van der Waals surface area contributed by atoms with Gasteiger partial charge in [-0.15, -0.1) is 0 Å². The maximum atomic E-state index is 10.8. The van der Waals surface area contributed by atoms with Crippen LogP contribution in [0.3, 0.4) is 0 Å². The lowest BCUT2D eigenvalue weighted by Gasteiger charge is -2.25. The number of nitro benzene ring substituents is 1. The summed E-state index contributed by atoms with van der Waals surface area (Å²) < 4.78 is 0. The average molecular weight is 251 g/mol. The zero-order chi connectivity index (χ0) is 13.7. The summed E-state index contributed by atoms with van der Waals surface area (Å²) in [4.78, 5) is 12.7. The number of hydrogen-bond acceptors (Lipinski definition) is 4. The topological polar surface area (TPSA) is 58.4 Å². The van der Waals surface area contributed by atoms with Gasteiger partial charge < -0.3 is 5.32 Å². The summed E-state index contributed by atoms with van der Waals surface area (Å²) in [5.74, 6) is 0. The van der Waals surface area contributed by atoms with E-state index in [0.29, 0.717) is 12.6 Å². The Morgan fingerprint density at radius 1 is 1.44 bits per heavy atom. The predicted octanol–water partition coefficient (Wildman–Crippen LogP) is 2.87. The number of hydrogen-bond donors (Lipinski definition) is 1. The van der Waals surface area contributed by atoms with E-state index in [0.717, 1.165) is 17.8 Å². The maximum absolute atomic E-state index is 10.8. The van der Waals surface area contributed by atoms with Crippen LogP contribution in [0.5, 0.6) is 0 Å². The van der Waals surface area contributed by atoms with Crippen LogP contribution in [0.15, 0.2) is 18.2 Å². The fourth-order valence-electron chi connectivity index (χ4n) is 1.95. The highest BCUT2D eigenvalue weighted by Crippen LogP contribution is 2.23. The van der Waals surface area contributed by atoms with E-state index in [1.54, 1.807) is 12.1 Å². The molecule has 0 saturated carbocycles. The van der Waals surface area contributed by atoms with E-state index in [1.807, 2.05) is 7.05 Å². The van der Waals surface area contributed by atoms with Crippen LogP contribution in [0.25, 0.3) is 0 Å². The van der Waals surface area contributed by atoms with Gasteiger partial charge in [-0.05, 0) is 32.0 Å². The zero-order valence-electron chi connectivity index (χ0n) is 11.4. The van der Waals surface area contributed by atoms with E-state index in [1.165, 1.54) is 6.07 Å². The Labute approximate surface area is 108 Å². The molecule has 1 aromatic carbocycles. The van der Waals surface area contributed by atoms with Crippen molar-refractivity contribution in [1.82, 2.24) is 4.90 Å². The fourth-order valence-corrected chi connectivity index (χ4v) is 1.95. The molecule has 0 saturated heterocycles. The molecular weight excluding hydrogens is 230 g/mol. The quantitative estimate of drug-likeness (QED) is 0.624. The Hall–Kier alpha value is -1.62. The van der Waals surface area contributed by atoms with Gasteiger partial charge in [0.25, 0.3) is 5.69 Å². The normalized spacial score (nSPS) is 11.0. The molecule has 0 aliphatic rings. The molecule has 18 heavy (non-hydrogen) atoms. The van der Waals surface area contributed by atoms with Crippen LogP contribution in [-0.4, -0.2) is 29.5 Å². The van der Waals surface area contributed by atoms with Gasteiger partial charge in [0.1, 0.15) is 0 Å². The summed E-state index contributed by atoms with van der Waals surface area (Å²) in [6, 6.07) is 5.36. The van der Waals surface area contributed by atoms with E-state index < -0.39 is 0 Å². The third-order valence-corrected chi connectivity index (χ3v) is 3.08. The lowest BCUT2D eigenvalue weighted by atomic mass is 10.1. The van der Waals surface area contributed by atoms with Crippen molar-refractivity contribution in [2.24, 2.45) is 0 Å². The van der Waals surface area contributed by atoms with Crippen LogP contribution in [0, 0.1) is 10.1 Å². The largest absolute Gasteiger partial charge is 0.388 e. The molecule has 1 rings (SSSR count). The van der Waals surface area contributed by atoms with Gasteiger partial charge in [-0.3, -0.25) is 15.0 Å². The third-order valence-electron chi connectivity index (χ3n) is 3.08. The molecule has 0 aliphatic heterocycles. The molecule has 0 atom stereocenters. The number of non-ortho nitro benzene ring substituents is 1. The molecule has 100 valence electrons. The van der Waals surface area contributed by atoms with E-state index in [9.17, 15) is 10.1 Å². The molecule has 0 unspecified atom stereocenters. The Balaban J connectivity index is 3.04. The summed E-state index contributed by atoms with van der Waals surface area (Å²) in [7, 11) is 1.83. The fraction of sp³-hybridized carbons (Fsp3) is 0.538. The standard InChI is InChI=1S/C13H21N3O2/c1-5-15(10(2)3)9-11-8-12(16(17)18)6-7-13(11)14-4/h6-8,10,14H,5,9H2,1-4H3. The van der Waals surface area contributed by atoms with Crippen LogP contribution in [0.4, 0.5) is 11.4 Å². The molecule has 0 spiro atoms. The molecule has 5 heteroatoms. The van der Waals surface area contributed by atoms with Gasteiger partial charge in [0.05, 0.1) is 4.92 Å². The van der Waals surface area contributed by atoms with Gasteiger partial charge in [0.2, 0.25) is 0 Å². The average Bonchev–Trinajstić information content (AvgIpc) is 2.35. The highest BCUT2D eigenvalue weighted by molar-refractivity contribution is 5.55. The van der Waals surface area contributed by atoms with Crippen molar-refractivity contribution in [3.63, 3.8) is 0 Å². The number of anilines is 1. The van der Waals surface area contributed by atoms with Crippen LogP contribution >= 0.6 is 0 Å². The smallest absolute Gasteiger partial charge is 0.269 e. The molecule has 0 aliphatic carbocycles. The summed E-state index contributed by atoms with van der Waals surface area (Å²) >= 11 is 0. The van der Waals surface area contributed by atoms with Crippen LogP contribution in [0.1, 0.15) is 26.3 Å². The number of rotatable bonds is 6. The molecule has 0 amide bonds. The van der Waals surface area contributed by atoms with Gasteiger partial charge in [0.15, 0.2) is 0 Å². The minimum atomic E-state index is -0.353. The number of nitrogens with one attached hydrogen (secondary N) is 1. The van der Waals surface area contributed by atoms with Gasteiger partial charge >= 0.3 is 0 Å². The first-order valence-corrected chi connectivity index (χ1v) is 6.18. The lowest BCUT2D eigenvalue weighted by Crippen LogP contribution is -2.30. The monoisotopic (exact) mass is 251 g/mol. The van der Waals surface area contributed by atoms with E-state index in [4.69, 9.17) is 0 Å². The van der Waals surface area contributed by atoms with E-state index in [2.05, 4.69) is 31.0 Å². The summed E-state index contributed by atoms with van der Waals surface area (Å²) in [5.41, 5.74) is 2.05. The molecule has 1 N–H and O–H groups in total. The van der Waals surface area contributed by atoms with Crippen LogP contribution in [-0.2, 0) is 6.54 Å². The molecule has 5 nitrogen and oxygen atoms in total. The van der Waals surface area contributed by atoms with Crippen LogP contribution < -0.4 is 5.32 Å². The third kappa shape index (κ3) is 3.43. The first kappa shape index (κ1) is 14.4. The van der Waals surface area contributed by atoms with Crippen molar-refractivity contribution >= 4 is 11.4 Å². The van der Waals surface area contributed by atoms with E-state index in [-0.39, 0.29) is 10.6 Å². The van der Waals surface area contributed by atoms with Crippen molar-refractivity contribution in [2.75, 3.05) is 18.9 Å². The van der Waals surface area contributed by atoms with Crippen molar-refractivity contribution in [3.05, 3.63) is 33.9 Å². The Morgan fingerprint density at radius 3 is 2.56 bits per heavy atom. The first-order valence-electron chi connectivity index (χ1n) is 6.18. The van der Waals surface area contributed by atoms with Crippen molar-refractivity contribution in [1.29, 1.82) is 0 Å². The molecule has 0 aromatic heterocycles. The minimum Gasteiger partial charge on any atom is -0.388 e. The van der Waals surface area contributed by atoms with Gasteiger partial charge in [-0.25, -0.2) is 0 Å². The Morgan fingerprint density at radius 2 is 2.11 bits per heavy atom. The Kier molecular flexibility index (Phi) is 5.09. The molecule has 0 radical (unpaired) electrons. The SMILES string of the molecule is CCN(Cc1cc([N+](=O)[O-])ccc1NC)C(C)C. The van der Waals surface area contributed by atoms with Crippen molar-refractivity contribution in [3.8, 4) is 0 Å². The summed E-state index contributed by atoms with van der Waals surface area (Å²) in [6.07, 6.45) is 0. The predicted molar refractivity (Wildman–Crippen MR) is 73.9 cm³/mol. The molecular formula is C13H21N3O2. The Bertz CT molecular complexity index is 419. The highest BCUT2D eigenvalue weighted by atomic mass is 16.6. The van der Waals surface area contributed by atoms with Gasteiger partial charge in [0, 0.05) is 37.5 Å². The summed E-state index contributed by atoms with van der Waals surface area (Å²) in [6.45, 7) is 7.98. The maximum Gasteiger partial charge on any atom is 0.269 e. The van der Waals surface area contributed by atoms with Crippen LogP contribution in [0.2, 0.25) is 0 Å². The molecule has 0 fully saturated rings. The second kappa shape index (κ2) is 6.35. The zero-order valence-corrected chi connectivity index (χ0v) is 11.4. The number of benzene rings is 1. The van der Waals surface area contributed by atoms with Gasteiger partial charge in [-0.2, -0.15) is 0 Å². The van der Waals surface area contributed by atoms with Crippen molar-refractivity contribution in [2.45, 2.75) is 33.4 Å². The second-order valence-electron chi connectivity index (χ2n) is 4.51. The van der Waals surface area contributed by atoms with Crippen molar-refractivity contribution < 1.29 is 4.92 Å². The number of nitro groups is 1. The first-order chi connectivity index (χ1) is 8.49. The lowest BCUT2D eigenvalue weighted by molar-refractivity contribution is -0.384. The van der Waals surface area contributed by atoms with Gasteiger partial charge in [-0.1, -0.05) is 6.92 Å². The molecule has 1 aromatic rings. The number of nitrogens with zero attached hydrogens (tertiary/aromatic N) is 2. The highest BCUT2D eigenvalue weighted by Gasteiger charge is 2.14. The molecule has 0 bridgehead atoms. The summed E-state index contributed by atoms with van der Waals surface area (Å²) in [5, 5.41) is 13.9.